The Hall–Kier alpha value is -1.73. The predicted molar refractivity (Wildman–Crippen MR) is 79.2 cm³/mol. The lowest BCUT2D eigenvalue weighted by molar-refractivity contribution is 0.0566. The van der Waals surface area contributed by atoms with Crippen molar-refractivity contribution in [3.63, 3.8) is 0 Å². The van der Waals surface area contributed by atoms with Crippen LogP contribution in [0.4, 0.5) is 14.5 Å². The van der Waals surface area contributed by atoms with Crippen LogP contribution in [0.5, 0.6) is 0 Å². The fraction of sp³-hybridized carbons (Fsp3) is 0.429. The standard InChI is InChI=1S/C14H15ClF2N4O/c15-13-4-12(20-3-1-2-10(22)8-20)11(6-18-13)9-5-19-21(7-9)14(16)17/h4-7,10,14,22H,1-3,8H2/t10-/m0/s1. The third kappa shape index (κ3) is 3.05. The zero-order valence-electron chi connectivity index (χ0n) is 11.7. The molecular formula is C14H15ClF2N4O. The molecule has 0 unspecified atom stereocenters. The van der Waals surface area contributed by atoms with Crippen LogP contribution < -0.4 is 4.90 Å². The maximum atomic E-state index is 12.7. The zero-order chi connectivity index (χ0) is 15.7. The first-order valence-corrected chi connectivity index (χ1v) is 7.33. The fourth-order valence-electron chi connectivity index (χ4n) is 2.66. The molecule has 0 bridgehead atoms. The number of piperidine rings is 1. The molecule has 0 aromatic carbocycles. The fourth-order valence-corrected chi connectivity index (χ4v) is 2.81. The van der Waals surface area contributed by atoms with Crippen molar-refractivity contribution in [1.82, 2.24) is 14.8 Å². The molecule has 3 heterocycles. The predicted octanol–water partition coefficient (Wildman–Crippen LogP) is 2.95. The number of aromatic nitrogens is 3. The van der Waals surface area contributed by atoms with E-state index in [1.165, 1.54) is 12.4 Å². The van der Waals surface area contributed by atoms with Gasteiger partial charge in [-0.2, -0.15) is 13.9 Å². The number of anilines is 1. The van der Waals surface area contributed by atoms with Crippen molar-refractivity contribution in [3.8, 4) is 11.1 Å². The monoisotopic (exact) mass is 328 g/mol. The van der Waals surface area contributed by atoms with Crippen LogP contribution in [0.1, 0.15) is 19.4 Å². The smallest absolute Gasteiger partial charge is 0.333 e. The van der Waals surface area contributed by atoms with Gasteiger partial charge in [0.25, 0.3) is 0 Å². The first-order chi connectivity index (χ1) is 10.5. The van der Waals surface area contributed by atoms with Gasteiger partial charge in [-0.25, -0.2) is 9.67 Å². The molecular weight excluding hydrogens is 314 g/mol. The molecule has 22 heavy (non-hydrogen) atoms. The lowest BCUT2D eigenvalue weighted by Gasteiger charge is -2.33. The normalized spacial score (nSPS) is 19.0. The van der Waals surface area contributed by atoms with Gasteiger partial charge in [0.15, 0.2) is 0 Å². The molecule has 8 heteroatoms. The number of β-amino-alcohol motifs (C(OH)–C–C–N with tert-alkyl or cyclic N) is 1. The maximum Gasteiger partial charge on any atom is 0.333 e. The van der Waals surface area contributed by atoms with Gasteiger partial charge in [0.1, 0.15) is 5.15 Å². The summed E-state index contributed by atoms with van der Waals surface area (Å²) in [6.07, 6.45) is 5.41. The topological polar surface area (TPSA) is 54.2 Å². The Bertz CT molecular complexity index is 664. The summed E-state index contributed by atoms with van der Waals surface area (Å²) in [6.45, 7) is -1.43. The SMILES string of the molecule is O[C@H]1CCCN(c2cc(Cl)ncc2-c2cnn(C(F)F)c2)C1. The molecule has 0 amide bonds. The van der Waals surface area contributed by atoms with Gasteiger partial charge < -0.3 is 10.0 Å². The van der Waals surface area contributed by atoms with Crippen molar-refractivity contribution in [2.45, 2.75) is 25.5 Å². The molecule has 1 fully saturated rings. The van der Waals surface area contributed by atoms with Gasteiger partial charge in [-0.3, -0.25) is 0 Å². The quantitative estimate of drug-likeness (QED) is 0.880. The van der Waals surface area contributed by atoms with Crippen LogP contribution in [0.3, 0.4) is 0 Å². The summed E-state index contributed by atoms with van der Waals surface area (Å²) >= 11 is 5.97. The highest BCUT2D eigenvalue weighted by Gasteiger charge is 2.22. The van der Waals surface area contributed by atoms with Crippen molar-refractivity contribution in [2.75, 3.05) is 18.0 Å². The summed E-state index contributed by atoms with van der Waals surface area (Å²) in [4.78, 5) is 6.03. The van der Waals surface area contributed by atoms with Crippen LogP contribution in [0, 0.1) is 0 Å². The molecule has 118 valence electrons. The summed E-state index contributed by atoms with van der Waals surface area (Å²) in [5.74, 6) is 0. The van der Waals surface area contributed by atoms with Crippen LogP contribution in [-0.4, -0.2) is 39.1 Å². The zero-order valence-corrected chi connectivity index (χ0v) is 12.4. The molecule has 0 spiro atoms. The molecule has 1 saturated heterocycles. The Labute approximate surface area is 131 Å². The summed E-state index contributed by atoms with van der Waals surface area (Å²) in [6, 6.07) is 1.69. The van der Waals surface area contributed by atoms with Gasteiger partial charge in [-0.15, -0.1) is 0 Å². The average molecular weight is 329 g/mol. The first kappa shape index (κ1) is 15.2. The Balaban J connectivity index is 1.99. The van der Waals surface area contributed by atoms with Crippen LogP contribution in [0.2, 0.25) is 5.15 Å². The summed E-state index contributed by atoms with van der Waals surface area (Å²) in [5, 5.41) is 13.8. The highest BCUT2D eigenvalue weighted by atomic mass is 35.5. The van der Waals surface area contributed by atoms with Gasteiger partial charge in [0.05, 0.1) is 12.3 Å². The molecule has 0 saturated carbocycles. The Morgan fingerprint density at radius 2 is 2.18 bits per heavy atom. The van der Waals surface area contributed by atoms with Crippen LogP contribution >= 0.6 is 11.6 Å². The van der Waals surface area contributed by atoms with Gasteiger partial charge in [0.2, 0.25) is 0 Å². The second kappa shape index (κ2) is 6.18. The molecule has 3 rings (SSSR count). The molecule has 1 atom stereocenters. The number of alkyl halides is 2. The van der Waals surface area contributed by atoms with E-state index < -0.39 is 12.7 Å². The lowest BCUT2D eigenvalue weighted by Crippen LogP contribution is -2.38. The highest BCUT2D eigenvalue weighted by Crippen LogP contribution is 2.34. The molecule has 1 aliphatic rings. The molecule has 5 nitrogen and oxygen atoms in total. The molecule has 0 aliphatic carbocycles. The van der Waals surface area contributed by atoms with E-state index in [9.17, 15) is 13.9 Å². The van der Waals surface area contributed by atoms with Gasteiger partial charge in [0, 0.05) is 42.3 Å². The number of halogens is 3. The number of nitrogens with zero attached hydrogens (tertiary/aromatic N) is 4. The summed E-state index contributed by atoms with van der Waals surface area (Å²) in [5.41, 5.74) is 1.98. The number of hydrogen-bond donors (Lipinski definition) is 1. The highest BCUT2D eigenvalue weighted by molar-refractivity contribution is 6.29. The van der Waals surface area contributed by atoms with E-state index in [4.69, 9.17) is 11.6 Å². The number of aliphatic hydroxyl groups is 1. The Morgan fingerprint density at radius 3 is 2.86 bits per heavy atom. The summed E-state index contributed by atoms with van der Waals surface area (Å²) in [7, 11) is 0. The molecule has 0 radical (unpaired) electrons. The largest absolute Gasteiger partial charge is 0.391 e. The first-order valence-electron chi connectivity index (χ1n) is 6.96. The number of hydrogen-bond acceptors (Lipinski definition) is 4. The van der Waals surface area contributed by atoms with Crippen LogP contribution in [-0.2, 0) is 0 Å². The molecule has 1 aliphatic heterocycles. The van der Waals surface area contributed by atoms with Crippen molar-refractivity contribution in [2.24, 2.45) is 0 Å². The van der Waals surface area contributed by atoms with E-state index in [0.717, 1.165) is 25.1 Å². The average Bonchev–Trinajstić information content (AvgIpc) is 2.97. The second-order valence-corrected chi connectivity index (χ2v) is 5.64. The van der Waals surface area contributed by atoms with E-state index in [2.05, 4.69) is 10.1 Å². The van der Waals surface area contributed by atoms with Crippen molar-refractivity contribution < 1.29 is 13.9 Å². The van der Waals surface area contributed by atoms with E-state index in [1.54, 1.807) is 12.3 Å². The minimum Gasteiger partial charge on any atom is -0.391 e. The lowest BCUT2D eigenvalue weighted by atomic mass is 10.0. The van der Waals surface area contributed by atoms with Gasteiger partial charge in [-0.05, 0) is 18.9 Å². The third-order valence-electron chi connectivity index (χ3n) is 3.70. The van der Waals surface area contributed by atoms with Crippen molar-refractivity contribution >= 4 is 17.3 Å². The number of aliphatic hydroxyl groups excluding tert-OH is 1. The molecule has 1 N–H and O–H groups in total. The number of rotatable bonds is 3. The minimum atomic E-state index is -2.69. The van der Waals surface area contributed by atoms with E-state index in [1.807, 2.05) is 4.90 Å². The van der Waals surface area contributed by atoms with Crippen LogP contribution in [0.15, 0.2) is 24.7 Å². The molecule has 2 aromatic rings. The van der Waals surface area contributed by atoms with E-state index >= 15 is 0 Å². The maximum absolute atomic E-state index is 12.7. The van der Waals surface area contributed by atoms with Gasteiger partial charge >= 0.3 is 6.55 Å². The second-order valence-electron chi connectivity index (χ2n) is 5.25. The minimum absolute atomic E-state index is 0.320. The van der Waals surface area contributed by atoms with Crippen molar-refractivity contribution in [1.29, 1.82) is 0 Å². The Morgan fingerprint density at radius 1 is 1.36 bits per heavy atom. The van der Waals surface area contributed by atoms with E-state index in [0.29, 0.717) is 27.5 Å². The number of pyridine rings is 1. The Kier molecular flexibility index (Phi) is 4.26. The molecule has 2 aromatic heterocycles. The van der Waals surface area contributed by atoms with Gasteiger partial charge in [-0.1, -0.05) is 11.6 Å². The third-order valence-corrected chi connectivity index (χ3v) is 3.91. The summed E-state index contributed by atoms with van der Waals surface area (Å²) < 4.78 is 26.0. The van der Waals surface area contributed by atoms with Crippen molar-refractivity contribution in [3.05, 3.63) is 29.8 Å². The van der Waals surface area contributed by atoms with E-state index in [-0.39, 0.29) is 0 Å². The van der Waals surface area contributed by atoms with Crippen LogP contribution in [0.25, 0.3) is 11.1 Å².